The molecule has 100 valence electrons. The summed E-state index contributed by atoms with van der Waals surface area (Å²) in [7, 11) is 0. The first kappa shape index (κ1) is 12.2. The standard InChI is InChI=1S/C14H23N3O/c1-11-14(12(2)18-15-11)10-16-7-8-17-6-4-3-5-13(17)9-16/h13H,3-10H2,1-2H3. The van der Waals surface area contributed by atoms with Crippen molar-refractivity contribution in [3.05, 3.63) is 17.0 Å². The van der Waals surface area contributed by atoms with Crippen molar-refractivity contribution >= 4 is 0 Å². The number of piperazine rings is 1. The van der Waals surface area contributed by atoms with E-state index in [1.54, 1.807) is 0 Å². The summed E-state index contributed by atoms with van der Waals surface area (Å²) in [6.45, 7) is 10.0. The van der Waals surface area contributed by atoms with Crippen LogP contribution in [0.1, 0.15) is 36.3 Å². The van der Waals surface area contributed by atoms with Gasteiger partial charge in [-0.15, -0.1) is 0 Å². The van der Waals surface area contributed by atoms with Crippen LogP contribution in [0.15, 0.2) is 4.52 Å². The lowest BCUT2D eigenvalue weighted by molar-refractivity contribution is 0.0454. The number of piperidine rings is 1. The molecular weight excluding hydrogens is 226 g/mol. The van der Waals surface area contributed by atoms with E-state index in [-0.39, 0.29) is 0 Å². The highest BCUT2D eigenvalue weighted by atomic mass is 16.5. The first-order valence-electron chi connectivity index (χ1n) is 7.12. The number of nitrogens with zero attached hydrogens (tertiary/aromatic N) is 3. The first-order chi connectivity index (χ1) is 8.74. The van der Waals surface area contributed by atoms with Crippen LogP contribution in [0.25, 0.3) is 0 Å². The highest BCUT2D eigenvalue weighted by molar-refractivity contribution is 5.20. The van der Waals surface area contributed by atoms with Gasteiger partial charge in [-0.25, -0.2) is 0 Å². The number of aromatic nitrogens is 1. The zero-order chi connectivity index (χ0) is 12.5. The van der Waals surface area contributed by atoms with E-state index < -0.39 is 0 Å². The van der Waals surface area contributed by atoms with Crippen LogP contribution in [0, 0.1) is 13.8 Å². The van der Waals surface area contributed by atoms with Crippen molar-refractivity contribution in [2.45, 2.75) is 45.7 Å². The largest absolute Gasteiger partial charge is 0.361 e. The molecule has 1 aromatic heterocycles. The van der Waals surface area contributed by atoms with E-state index in [1.807, 2.05) is 13.8 Å². The van der Waals surface area contributed by atoms with Crippen LogP contribution < -0.4 is 0 Å². The zero-order valence-electron chi connectivity index (χ0n) is 11.5. The third-order valence-electron chi connectivity index (χ3n) is 4.48. The minimum Gasteiger partial charge on any atom is -0.361 e. The average molecular weight is 249 g/mol. The lowest BCUT2D eigenvalue weighted by Gasteiger charge is -2.44. The highest BCUT2D eigenvalue weighted by Gasteiger charge is 2.29. The van der Waals surface area contributed by atoms with Crippen LogP contribution in [0.2, 0.25) is 0 Å². The molecule has 0 saturated carbocycles. The molecule has 2 aliphatic heterocycles. The number of fused-ring (bicyclic) bond motifs is 1. The summed E-state index contributed by atoms with van der Waals surface area (Å²) in [6.07, 6.45) is 4.17. The normalized spacial score (nSPS) is 26.2. The fourth-order valence-electron chi connectivity index (χ4n) is 3.32. The van der Waals surface area contributed by atoms with Crippen molar-refractivity contribution in [1.82, 2.24) is 15.0 Å². The highest BCUT2D eigenvalue weighted by Crippen LogP contribution is 2.23. The molecule has 1 unspecified atom stereocenters. The third kappa shape index (κ3) is 2.31. The molecule has 1 atom stereocenters. The summed E-state index contributed by atoms with van der Waals surface area (Å²) >= 11 is 0. The van der Waals surface area contributed by atoms with Gasteiger partial charge in [0.25, 0.3) is 0 Å². The van der Waals surface area contributed by atoms with Crippen molar-refractivity contribution in [3.8, 4) is 0 Å². The van der Waals surface area contributed by atoms with E-state index in [4.69, 9.17) is 4.52 Å². The molecule has 18 heavy (non-hydrogen) atoms. The molecule has 0 radical (unpaired) electrons. The monoisotopic (exact) mass is 249 g/mol. The molecule has 1 aromatic rings. The Labute approximate surface area is 109 Å². The minimum atomic E-state index is 0.785. The second-order valence-electron chi connectivity index (χ2n) is 5.72. The van der Waals surface area contributed by atoms with E-state index in [2.05, 4.69) is 15.0 Å². The van der Waals surface area contributed by atoms with Crippen LogP contribution in [0.4, 0.5) is 0 Å². The van der Waals surface area contributed by atoms with E-state index >= 15 is 0 Å². The van der Waals surface area contributed by atoms with Crippen LogP contribution in [0.5, 0.6) is 0 Å². The van der Waals surface area contributed by atoms with Crippen LogP contribution in [-0.2, 0) is 6.54 Å². The Balaban J connectivity index is 1.64. The van der Waals surface area contributed by atoms with Gasteiger partial charge in [-0.1, -0.05) is 11.6 Å². The van der Waals surface area contributed by atoms with Gasteiger partial charge in [-0.3, -0.25) is 9.80 Å². The maximum absolute atomic E-state index is 5.26. The smallest absolute Gasteiger partial charge is 0.138 e. The van der Waals surface area contributed by atoms with Gasteiger partial charge in [-0.05, 0) is 33.2 Å². The Morgan fingerprint density at radius 1 is 1.22 bits per heavy atom. The second kappa shape index (κ2) is 5.02. The van der Waals surface area contributed by atoms with Gasteiger partial charge in [0.15, 0.2) is 0 Å². The van der Waals surface area contributed by atoms with Gasteiger partial charge in [0.05, 0.1) is 5.69 Å². The second-order valence-corrected chi connectivity index (χ2v) is 5.72. The van der Waals surface area contributed by atoms with Gasteiger partial charge >= 0.3 is 0 Å². The van der Waals surface area contributed by atoms with E-state index in [9.17, 15) is 0 Å². The molecule has 0 spiro atoms. The van der Waals surface area contributed by atoms with Crippen molar-refractivity contribution in [1.29, 1.82) is 0 Å². The van der Waals surface area contributed by atoms with Crippen molar-refractivity contribution < 1.29 is 4.52 Å². The summed E-state index contributed by atoms with van der Waals surface area (Å²) < 4.78 is 5.26. The van der Waals surface area contributed by atoms with Crippen molar-refractivity contribution in [2.75, 3.05) is 26.2 Å². The predicted octanol–water partition coefficient (Wildman–Crippen LogP) is 1.96. The molecule has 0 amide bonds. The maximum atomic E-state index is 5.26. The molecule has 3 rings (SSSR count). The number of hydrogen-bond acceptors (Lipinski definition) is 4. The van der Waals surface area contributed by atoms with Crippen molar-refractivity contribution in [2.24, 2.45) is 0 Å². The van der Waals surface area contributed by atoms with E-state index in [0.29, 0.717) is 0 Å². The Morgan fingerprint density at radius 3 is 2.89 bits per heavy atom. The van der Waals surface area contributed by atoms with E-state index in [1.165, 1.54) is 51.0 Å². The molecule has 4 nitrogen and oxygen atoms in total. The van der Waals surface area contributed by atoms with Crippen LogP contribution in [0.3, 0.4) is 0 Å². The first-order valence-corrected chi connectivity index (χ1v) is 7.12. The molecule has 2 saturated heterocycles. The Hall–Kier alpha value is -0.870. The molecule has 0 aromatic carbocycles. The van der Waals surface area contributed by atoms with Crippen LogP contribution in [-0.4, -0.2) is 47.2 Å². The summed E-state index contributed by atoms with van der Waals surface area (Å²) in [5, 5.41) is 4.05. The number of aryl methyl sites for hydroxylation is 2. The molecule has 0 aliphatic carbocycles. The fraction of sp³-hybridized carbons (Fsp3) is 0.786. The number of hydrogen-bond donors (Lipinski definition) is 0. The SMILES string of the molecule is Cc1noc(C)c1CN1CCN2CCCCC2C1. The van der Waals surface area contributed by atoms with Gasteiger partial charge in [0, 0.05) is 37.8 Å². The topological polar surface area (TPSA) is 32.5 Å². The molecule has 0 N–H and O–H groups in total. The lowest BCUT2D eigenvalue weighted by atomic mass is 9.99. The van der Waals surface area contributed by atoms with Gasteiger partial charge in [0.2, 0.25) is 0 Å². The van der Waals surface area contributed by atoms with Gasteiger partial charge in [-0.2, -0.15) is 0 Å². The Kier molecular flexibility index (Phi) is 3.39. The Bertz CT molecular complexity index is 396. The molecule has 2 aliphatic rings. The Morgan fingerprint density at radius 2 is 2.11 bits per heavy atom. The predicted molar refractivity (Wildman–Crippen MR) is 70.5 cm³/mol. The van der Waals surface area contributed by atoms with Crippen molar-refractivity contribution in [3.63, 3.8) is 0 Å². The quantitative estimate of drug-likeness (QED) is 0.802. The summed E-state index contributed by atoms with van der Waals surface area (Å²) in [4.78, 5) is 5.24. The van der Waals surface area contributed by atoms with Gasteiger partial charge < -0.3 is 4.52 Å². The summed E-state index contributed by atoms with van der Waals surface area (Å²) in [5.74, 6) is 0.985. The number of rotatable bonds is 2. The minimum absolute atomic E-state index is 0.785. The van der Waals surface area contributed by atoms with Gasteiger partial charge in [0.1, 0.15) is 5.76 Å². The molecular formula is C14H23N3O. The molecule has 0 bridgehead atoms. The van der Waals surface area contributed by atoms with Crippen LogP contribution >= 0.6 is 0 Å². The average Bonchev–Trinajstić information content (AvgIpc) is 2.70. The fourth-order valence-corrected chi connectivity index (χ4v) is 3.32. The molecule has 3 heterocycles. The third-order valence-corrected chi connectivity index (χ3v) is 4.48. The molecule has 4 heteroatoms. The molecule has 2 fully saturated rings. The maximum Gasteiger partial charge on any atom is 0.138 e. The summed E-state index contributed by atoms with van der Waals surface area (Å²) in [6, 6.07) is 0.785. The van der Waals surface area contributed by atoms with E-state index in [0.717, 1.165) is 24.0 Å². The zero-order valence-corrected chi connectivity index (χ0v) is 11.5. The lowest BCUT2D eigenvalue weighted by Crippen LogP contribution is -2.54. The summed E-state index contributed by atoms with van der Waals surface area (Å²) in [5.41, 5.74) is 2.35.